The van der Waals surface area contributed by atoms with E-state index in [0.29, 0.717) is 13.0 Å². The highest BCUT2D eigenvalue weighted by atomic mass is 32.1. The van der Waals surface area contributed by atoms with Crippen molar-refractivity contribution in [2.75, 3.05) is 51.8 Å². The van der Waals surface area contributed by atoms with Gasteiger partial charge in [-0.25, -0.2) is 0 Å². The van der Waals surface area contributed by atoms with Gasteiger partial charge in [0.15, 0.2) is 5.96 Å². The number of hydrogen-bond acceptors (Lipinski definition) is 5. The Labute approximate surface area is 181 Å². The molecular formula is C22H29N5O2S. The number of carbonyl (C=O) groups is 1. The Kier molecular flexibility index (Phi) is 6.99. The molecule has 2 atom stereocenters. The maximum atomic E-state index is 12.1. The molecule has 0 radical (unpaired) electrons. The molecule has 8 heteroatoms. The number of morpholine rings is 1. The van der Waals surface area contributed by atoms with Gasteiger partial charge < -0.3 is 20.7 Å². The minimum Gasteiger partial charge on any atom is -0.379 e. The Morgan fingerprint density at radius 3 is 2.87 bits per heavy atom. The number of fused-ring (bicyclic) bond motifs is 1. The molecule has 3 N–H and O–H groups in total. The van der Waals surface area contributed by atoms with Crippen LogP contribution in [0.25, 0.3) is 0 Å². The molecule has 0 spiro atoms. The number of amides is 1. The number of ether oxygens (including phenoxy) is 1. The van der Waals surface area contributed by atoms with Crippen LogP contribution >= 0.6 is 11.3 Å². The molecule has 2 unspecified atom stereocenters. The molecule has 3 heterocycles. The van der Waals surface area contributed by atoms with E-state index in [9.17, 15) is 4.79 Å². The third-order valence-electron chi connectivity index (χ3n) is 5.67. The molecule has 0 saturated carbocycles. The van der Waals surface area contributed by atoms with Gasteiger partial charge in [-0.05, 0) is 23.1 Å². The van der Waals surface area contributed by atoms with Crippen molar-refractivity contribution in [2.45, 2.75) is 18.4 Å². The van der Waals surface area contributed by atoms with Crippen LogP contribution in [0, 0.1) is 0 Å². The van der Waals surface area contributed by atoms with Gasteiger partial charge in [0.1, 0.15) is 0 Å². The zero-order valence-electron chi connectivity index (χ0n) is 17.3. The van der Waals surface area contributed by atoms with E-state index in [1.54, 1.807) is 18.4 Å². The van der Waals surface area contributed by atoms with Gasteiger partial charge in [0.25, 0.3) is 0 Å². The van der Waals surface area contributed by atoms with Crippen LogP contribution in [0.2, 0.25) is 0 Å². The number of anilines is 1. The monoisotopic (exact) mass is 427 g/mol. The molecular weight excluding hydrogens is 398 g/mol. The molecule has 2 aliphatic heterocycles. The van der Waals surface area contributed by atoms with Gasteiger partial charge in [-0.3, -0.25) is 14.7 Å². The summed E-state index contributed by atoms with van der Waals surface area (Å²) in [6.07, 6.45) is 0.479. The van der Waals surface area contributed by atoms with E-state index in [4.69, 9.17) is 4.74 Å². The molecule has 1 saturated heterocycles. The lowest BCUT2D eigenvalue weighted by molar-refractivity contribution is -0.116. The van der Waals surface area contributed by atoms with Crippen molar-refractivity contribution in [3.05, 3.63) is 52.2 Å². The molecule has 1 amide bonds. The Balaban J connectivity index is 1.37. The van der Waals surface area contributed by atoms with E-state index in [0.717, 1.165) is 44.5 Å². The van der Waals surface area contributed by atoms with Crippen molar-refractivity contribution in [3.8, 4) is 0 Å². The van der Waals surface area contributed by atoms with Crippen LogP contribution in [-0.2, 0) is 9.53 Å². The largest absolute Gasteiger partial charge is 0.379 e. The molecule has 0 aliphatic carbocycles. The minimum absolute atomic E-state index is 0.0634. The Morgan fingerprint density at radius 2 is 2.10 bits per heavy atom. The standard InChI is InChI=1S/C22H29N5O2S/c1-23-22(24-14-16-13-21(28)26-18-6-3-2-5-17(16)18)25-15-19(20-7-4-12-30-20)27-8-10-29-11-9-27/h2-7,12,16,19H,8-11,13-15H2,1H3,(H,26,28)(H2,23,24,25). The van der Waals surface area contributed by atoms with Gasteiger partial charge in [0, 0.05) is 56.1 Å². The normalized spacial score (nSPS) is 20.9. The summed E-state index contributed by atoms with van der Waals surface area (Å²) in [5.74, 6) is 0.947. The lowest BCUT2D eigenvalue weighted by Gasteiger charge is -2.34. The maximum Gasteiger partial charge on any atom is 0.225 e. The molecule has 7 nitrogen and oxygen atoms in total. The van der Waals surface area contributed by atoms with E-state index in [-0.39, 0.29) is 17.9 Å². The second-order valence-corrected chi connectivity index (χ2v) is 8.53. The van der Waals surface area contributed by atoms with E-state index < -0.39 is 0 Å². The van der Waals surface area contributed by atoms with E-state index in [1.165, 1.54) is 10.4 Å². The third-order valence-corrected chi connectivity index (χ3v) is 6.64. The van der Waals surface area contributed by atoms with Crippen molar-refractivity contribution in [1.82, 2.24) is 15.5 Å². The Bertz CT molecular complexity index is 864. The van der Waals surface area contributed by atoms with Gasteiger partial charge in [0.2, 0.25) is 5.91 Å². The summed E-state index contributed by atoms with van der Waals surface area (Å²) in [5, 5.41) is 12.0. The van der Waals surface area contributed by atoms with Crippen molar-refractivity contribution in [2.24, 2.45) is 4.99 Å². The number of thiophene rings is 1. The van der Waals surface area contributed by atoms with Crippen LogP contribution in [0.15, 0.2) is 46.8 Å². The lowest BCUT2D eigenvalue weighted by Crippen LogP contribution is -2.47. The number of carbonyl (C=O) groups excluding carboxylic acids is 1. The molecule has 30 heavy (non-hydrogen) atoms. The summed E-state index contributed by atoms with van der Waals surface area (Å²) < 4.78 is 5.53. The van der Waals surface area contributed by atoms with Crippen molar-refractivity contribution in [1.29, 1.82) is 0 Å². The SMILES string of the molecule is CN=C(NCC1CC(=O)Nc2ccccc21)NCC(c1cccs1)N1CCOCC1. The molecule has 160 valence electrons. The fraction of sp³-hybridized carbons (Fsp3) is 0.455. The minimum atomic E-state index is 0.0634. The first kappa shape index (κ1) is 20.8. The lowest BCUT2D eigenvalue weighted by atomic mass is 9.90. The average molecular weight is 428 g/mol. The molecule has 1 fully saturated rings. The second kappa shape index (κ2) is 10.1. The third kappa shape index (κ3) is 5.00. The number of para-hydroxylation sites is 1. The van der Waals surface area contributed by atoms with Gasteiger partial charge >= 0.3 is 0 Å². The summed E-state index contributed by atoms with van der Waals surface area (Å²) in [4.78, 5) is 20.3. The zero-order chi connectivity index (χ0) is 20.8. The summed E-state index contributed by atoms with van der Waals surface area (Å²) in [5.41, 5.74) is 2.08. The highest BCUT2D eigenvalue weighted by Crippen LogP contribution is 2.31. The van der Waals surface area contributed by atoms with Crippen LogP contribution in [-0.4, -0.2) is 63.2 Å². The highest BCUT2D eigenvalue weighted by molar-refractivity contribution is 7.10. The van der Waals surface area contributed by atoms with Crippen LogP contribution in [0.5, 0.6) is 0 Å². The average Bonchev–Trinajstić information content (AvgIpc) is 3.31. The van der Waals surface area contributed by atoms with Gasteiger partial charge in [0.05, 0.1) is 19.3 Å². The van der Waals surface area contributed by atoms with Crippen molar-refractivity contribution < 1.29 is 9.53 Å². The van der Waals surface area contributed by atoms with Gasteiger partial charge in [-0.2, -0.15) is 0 Å². The van der Waals surface area contributed by atoms with Crippen molar-refractivity contribution >= 4 is 28.9 Å². The second-order valence-electron chi connectivity index (χ2n) is 7.55. The fourth-order valence-electron chi connectivity index (χ4n) is 4.10. The first-order valence-corrected chi connectivity index (χ1v) is 11.3. The van der Waals surface area contributed by atoms with Gasteiger partial charge in [-0.15, -0.1) is 11.3 Å². The Hall–Kier alpha value is -2.42. The van der Waals surface area contributed by atoms with E-state index >= 15 is 0 Å². The number of rotatable bonds is 6. The number of nitrogens with zero attached hydrogens (tertiary/aromatic N) is 2. The Morgan fingerprint density at radius 1 is 1.27 bits per heavy atom. The molecule has 1 aromatic heterocycles. The quantitative estimate of drug-likeness (QED) is 0.488. The molecule has 4 rings (SSSR count). The topological polar surface area (TPSA) is 78.0 Å². The summed E-state index contributed by atoms with van der Waals surface area (Å²) in [7, 11) is 1.78. The number of guanidine groups is 1. The van der Waals surface area contributed by atoms with Crippen LogP contribution < -0.4 is 16.0 Å². The first-order chi connectivity index (χ1) is 14.7. The van der Waals surface area contributed by atoms with Crippen LogP contribution in [0.1, 0.15) is 28.8 Å². The fourth-order valence-corrected chi connectivity index (χ4v) is 4.96. The predicted molar refractivity (Wildman–Crippen MR) is 121 cm³/mol. The molecule has 0 bridgehead atoms. The predicted octanol–water partition coefficient (Wildman–Crippen LogP) is 2.41. The number of aliphatic imine (C=N–C) groups is 1. The van der Waals surface area contributed by atoms with Gasteiger partial charge in [-0.1, -0.05) is 24.3 Å². The highest BCUT2D eigenvalue weighted by Gasteiger charge is 2.26. The summed E-state index contributed by atoms with van der Waals surface area (Å²) >= 11 is 1.79. The van der Waals surface area contributed by atoms with E-state index in [2.05, 4.69) is 49.4 Å². The summed E-state index contributed by atoms with van der Waals surface area (Å²) in [6, 6.07) is 12.6. The van der Waals surface area contributed by atoms with Crippen molar-refractivity contribution in [3.63, 3.8) is 0 Å². The molecule has 2 aliphatic rings. The first-order valence-electron chi connectivity index (χ1n) is 10.4. The molecule has 2 aromatic rings. The molecule has 1 aromatic carbocycles. The maximum absolute atomic E-state index is 12.1. The van der Waals surface area contributed by atoms with E-state index in [1.807, 2.05) is 18.2 Å². The van der Waals surface area contributed by atoms with Crippen LogP contribution in [0.4, 0.5) is 5.69 Å². The van der Waals surface area contributed by atoms with Crippen LogP contribution in [0.3, 0.4) is 0 Å². The smallest absolute Gasteiger partial charge is 0.225 e. The number of nitrogens with one attached hydrogen (secondary N) is 3. The number of hydrogen-bond donors (Lipinski definition) is 3. The summed E-state index contributed by atoms with van der Waals surface area (Å²) in [6.45, 7) is 4.84. The number of benzene rings is 1. The zero-order valence-corrected chi connectivity index (χ0v) is 18.1.